The molecule has 1 aromatic heterocycles. The van der Waals surface area contributed by atoms with Gasteiger partial charge in [-0.05, 0) is 18.6 Å². The maximum atomic E-state index is 13.6. The van der Waals surface area contributed by atoms with Crippen LogP contribution >= 0.6 is 0 Å². The third-order valence-corrected chi connectivity index (χ3v) is 3.18. The van der Waals surface area contributed by atoms with Crippen molar-refractivity contribution in [3.8, 4) is 0 Å². The van der Waals surface area contributed by atoms with Crippen molar-refractivity contribution in [3.05, 3.63) is 41.8 Å². The van der Waals surface area contributed by atoms with Crippen LogP contribution in [0.2, 0.25) is 0 Å². The van der Waals surface area contributed by atoms with Gasteiger partial charge in [-0.3, -0.25) is 4.79 Å². The van der Waals surface area contributed by atoms with Gasteiger partial charge in [-0.2, -0.15) is 0 Å². The molecular weight excluding hydrogens is 259 g/mol. The zero-order chi connectivity index (χ0) is 14.5. The Bertz CT molecular complexity index is 616. The fourth-order valence-corrected chi connectivity index (χ4v) is 1.99. The molecule has 0 aliphatic carbocycles. The van der Waals surface area contributed by atoms with Crippen molar-refractivity contribution in [2.24, 2.45) is 0 Å². The van der Waals surface area contributed by atoms with E-state index in [2.05, 4.69) is 4.98 Å². The van der Waals surface area contributed by atoms with Gasteiger partial charge in [-0.15, -0.1) is 0 Å². The lowest BCUT2D eigenvalue weighted by molar-refractivity contribution is -0.130. The second-order valence-corrected chi connectivity index (χ2v) is 4.65. The monoisotopic (exact) mass is 276 g/mol. The molecule has 0 radical (unpaired) electrons. The van der Waals surface area contributed by atoms with Gasteiger partial charge in [0.25, 0.3) is 0 Å². The molecule has 1 heterocycles. The van der Waals surface area contributed by atoms with E-state index >= 15 is 0 Å². The summed E-state index contributed by atoms with van der Waals surface area (Å²) in [5.41, 5.74) is 1.02. The summed E-state index contributed by atoms with van der Waals surface area (Å²) in [5, 5.41) is 9.52. The van der Waals surface area contributed by atoms with Gasteiger partial charge >= 0.3 is 0 Å². The highest BCUT2D eigenvalue weighted by molar-refractivity contribution is 5.79. The second-order valence-electron chi connectivity index (χ2n) is 4.65. The van der Waals surface area contributed by atoms with Crippen LogP contribution in [0.4, 0.5) is 4.39 Å². The number of carbonyl (C=O) groups is 1. The molecule has 1 aromatic carbocycles. The largest absolute Gasteiger partial charge is 0.395 e. The number of aliphatic hydroxyl groups excluding tert-OH is 1. The third-order valence-electron chi connectivity index (χ3n) is 3.18. The smallest absolute Gasteiger partial charge is 0.222 e. The molecule has 0 unspecified atom stereocenters. The molecule has 0 spiro atoms. The summed E-state index contributed by atoms with van der Waals surface area (Å²) in [6.45, 7) is 0.264. The number of fused-ring (bicyclic) bond motifs is 1. The van der Waals surface area contributed by atoms with Gasteiger partial charge in [-0.1, -0.05) is 18.2 Å². The number of halogens is 1. The summed E-state index contributed by atoms with van der Waals surface area (Å²) >= 11 is 0. The molecule has 0 atom stereocenters. The number of hydrogen-bond acceptors (Lipinski definition) is 3. The van der Waals surface area contributed by atoms with Crippen LogP contribution in [0.15, 0.2) is 30.3 Å². The highest BCUT2D eigenvalue weighted by Gasteiger charge is 2.09. The number of hydrogen-bond donors (Lipinski definition) is 1. The zero-order valence-corrected chi connectivity index (χ0v) is 11.3. The molecular formula is C15H17FN2O2. The van der Waals surface area contributed by atoms with Gasteiger partial charge < -0.3 is 10.0 Å². The summed E-state index contributed by atoms with van der Waals surface area (Å²) in [6, 6.07) is 8.44. The van der Waals surface area contributed by atoms with Crippen molar-refractivity contribution in [3.63, 3.8) is 0 Å². The Labute approximate surface area is 116 Å². The van der Waals surface area contributed by atoms with E-state index in [4.69, 9.17) is 5.11 Å². The first-order valence-corrected chi connectivity index (χ1v) is 6.51. The molecule has 0 aliphatic heterocycles. The Kier molecular flexibility index (Phi) is 4.63. The Morgan fingerprint density at radius 1 is 1.35 bits per heavy atom. The number of amides is 1. The van der Waals surface area contributed by atoms with Crippen molar-refractivity contribution in [2.75, 3.05) is 20.2 Å². The van der Waals surface area contributed by atoms with E-state index in [1.165, 1.54) is 11.0 Å². The third kappa shape index (κ3) is 3.30. The first-order chi connectivity index (χ1) is 9.61. The molecule has 0 aliphatic rings. The number of aryl methyl sites for hydroxylation is 1. The van der Waals surface area contributed by atoms with Crippen LogP contribution in [0.25, 0.3) is 10.9 Å². The van der Waals surface area contributed by atoms with E-state index in [0.29, 0.717) is 30.6 Å². The Balaban J connectivity index is 2.07. The van der Waals surface area contributed by atoms with E-state index < -0.39 is 0 Å². The molecule has 2 aromatic rings. The fourth-order valence-electron chi connectivity index (χ4n) is 1.99. The highest BCUT2D eigenvalue weighted by Crippen LogP contribution is 2.16. The molecule has 4 nitrogen and oxygen atoms in total. The molecule has 0 fully saturated rings. The maximum absolute atomic E-state index is 13.6. The topological polar surface area (TPSA) is 53.4 Å². The van der Waals surface area contributed by atoms with Crippen LogP contribution in [0, 0.1) is 5.82 Å². The van der Waals surface area contributed by atoms with Gasteiger partial charge in [0.1, 0.15) is 11.3 Å². The number of carbonyl (C=O) groups excluding carboxylic acids is 1. The summed E-state index contributed by atoms with van der Waals surface area (Å²) in [5.74, 6) is -0.414. The van der Waals surface area contributed by atoms with E-state index in [0.717, 1.165) is 5.39 Å². The number of benzene rings is 1. The van der Waals surface area contributed by atoms with Gasteiger partial charge in [0, 0.05) is 31.1 Å². The molecule has 2 rings (SSSR count). The molecule has 1 amide bonds. The van der Waals surface area contributed by atoms with Crippen molar-refractivity contribution >= 4 is 16.8 Å². The van der Waals surface area contributed by atoms with Gasteiger partial charge in [0.15, 0.2) is 0 Å². The highest BCUT2D eigenvalue weighted by atomic mass is 19.1. The summed E-state index contributed by atoms with van der Waals surface area (Å²) in [6.07, 6.45) is 0.752. The summed E-state index contributed by atoms with van der Waals surface area (Å²) in [7, 11) is 1.64. The predicted molar refractivity (Wildman–Crippen MR) is 74.7 cm³/mol. The summed E-state index contributed by atoms with van der Waals surface area (Å²) < 4.78 is 13.6. The number of aliphatic hydroxyl groups is 1. The van der Waals surface area contributed by atoms with Crippen LogP contribution in [-0.2, 0) is 11.2 Å². The number of pyridine rings is 1. The van der Waals surface area contributed by atoms with Crippen molar-refractivity contribution in [1.82, 2.24) is 9.88 Å². The van der Waals surface area contributed by atoms with E-state index in [1.54, 1.807) is 25.2 Å². The lowest BCUT2D eigenvalue weighted by Crippen LogP contribution is -2.29. The SMILES string of the molecule is CN(CCO)C(=O)CCc1ccc2cccc(F)c2n1. The number of rotatable bonds is 5. The minimum absolute atomic E-state index is 0.0539. The summed E-state index contributed by atoms with van der Waals surface area (Å²) in [4.78, 5) is 17.5. The quantitative estimate of drug-likeness (QED) is 0.905. The minimum atomic E-state index is -0.354. The average Bonchev–Trinajstić information content (AvgIpc) is 2.45. The normalized spacial score (nSPS) is 10.8. The van der Waals surface area contributed by atoms with Gasteiger partial charge in [0.05, 0.1) is 6.61 Å². The maximum Gasteiger partial charge on any atom is 0.222 e. The van der Waals surface area contributed by atoms with E-state index in [-0.39, 0.29) is 18.3 Å². The van der Waals surface area contributed by atoms with Crippen LogP contribution in [0.5, 0.6) is 0 Å². The first kappa shape index (κ1) is 14.4. The minimum Gasteiger partial charge on any atom is -0.395 e. The number of para-hydroxylation sites is 1. The molecule has 0 saturated heterocycles. The Morgan fingerprint density at radius 2 is 2.15 bits per heavy atom. The lowest BCUT2D eigenvalue weighted by atomic mass is 10.1. The van der Waals surface area contributed by atoms with Gasteiger partial charge in [0.2, 0.25) is 5.91 Å². The molecule has 20 heavy (non-hydrogen) atoms. The van der Waals surface area contributed by atoms with Crippen molar-refractivity contribution in [2.45, 2.75) is 12.8 Å². The van der Waals surface area contributed by atoms with Crippen LogP contribution in [-0.4, -0.2) is 41.1 Å². The van der Waals surface area contributed by atoms with Crippen LogP contribution < -0.4 is 0 Å². The van der Waals surface area contributed by atoms with Gasteiger partial charge in [-0.25, -0.2) is 9.37 Å². The zero-order valence-electron chi connectivity index (χ0n) is 11.3. The Hall–Kier alpha value is -2.01. The number of nitrogens with zero attached hydrogens (tertiary/aromatic N) is 2. The van der Waals surface area contributed by atoms with Crippen LogP contribution in [0.1, 0.15) is 12.1 Å². The number of aromatic nitrogens is 1. The average molecular weight is 276 g/mol. The van der Waals surface area contributed by atoms with E-state index in [1.807, 2.05) is 6.07 Å². The fraction of sp³-hybridized carbons (Fsp3) is 0.333. The van der Waals surface area contributed by atoms with Crippen molar-refractivity contribution in [1.29, 1.82) is 0 Å². The standard InChI is InChI=1S/C15H17FN2O2/c1-18(9-10-19)14(20)8-7-12-6-5-11-3-2-4-13(16)15(11)17-12/h2-6,19H,7-10H2,1H3. The van der Waals surface area contributed by atoms with Crippen LogP contribution in [0.3, 0.4) is 0 Å². The second kappa shape index (κ2) is 6.43. The Morgan fingerprint density at radius 3 is 2.90 bits per heavy atom. The number of likely N-dealkylation sites (N-methyl/N-ethyl adjacent to an activating group) is 1. The molecule has 5 heteroatoms. The predicted octanol–water partition coefficient (Wildman–Crippen LogP) is 1.76. The first-order valence-electron chi connectivity index (χ1n) is 6.51. The van der Waals surface area contributed by atoms with E-state index in [9.17, 15) is 9.18 Å². The molecule has 106 valence electrons. The molecule has 0 bridgehead atoms. The molecule has 1 N–H and O–H groups in total. The lowest BCUT2D eigenvalue weighted by Gasteiger charge is -2.15. The van der Waals surface area contributed by atoms with Crippen molar-refractivity contribution < 1.29 is 14.3 Å². The molecule has 0 saturated carbocycles.